The van der Waals surface area contributed by atoms with Gasteiger partial charge in [0.05, 0.1) is 11.9 Å². The minimum atomic E-state index is -3.44. The van der Waals surface area contributed by atoms with Crippen molar-refractivity contribution in [2.24, 2.45) is 0 Å². The number of phenolic OH excluding ortho intramolecular Hbond substituents is 1. The number of aromatic nitrogens is 2. The summed E-state index contributed by atoms with van der Waals surface area (Å²) in [4.78, 5) is 7.50. The van der Waals surface area contributed by atoms with Crippen LogP contribution >= 0.6 is 12.4 Å². The highest BCUT2D eigenvalue weighted by Crippen LogP contribution is 2.42. The number of aromatic hydroxyl groups is 1. The lowest BCUT2D eigenvalue weighted by molar-refractivity contribution is 0.475. The van der Waals surface area contributed by atoms with Gasteiger partial charge >= 0.3 is 0 Å². The lowest BCUT2D eigenvalue weighted by Crippen LogP contribution is -2.17. The molecule has 1 aromatic heterocycles. The molecule has 3 rings (SSSR count). The highest BCUT2D eigenvalue weighted by molar-refractivity contribution is 7.92. The Bertz CT molecular complexity index is 817. The average molecular weight is 358 g/mol. The smallest absolute Gasteiger partial charge is 0.229 e. The summed E-state index contributed by atoms with van der Waals surface area (Å²) >= 11 is 0. The van der Waals surface area contributed by atoms with Crippen molar-refractivity contribution in [3.63, 3.8) is 0 Å². The molecule has 0 bridgehead atoms. The number of aryl methyl sites for hydroxylation is 1. The van der Waals surface area contributed by atoms with Gasteiger partial charge in [-0.3, -0.25) is 4.72 Å². The highest BCUT2D eigenvalue weighted by atomic mass is 35.5. The van der Waals surface area contributed by atoms with Gasteiger partial charge in [0.2, 0.25) is 10.0 Å². The molecule has 6 nitrogen and oxygen atoms in total. The van der Waals surface area contributed by atoms with Crippen LogP contribution in [0, 0.1) is 6.92 Å². The first-order chi connectivity index (χ1) is 10.3. The number of phenols is 1. The largest absolute Gasteiger partial charge is 0.506 e. The summed E-state index contributed by atoms with van der Waals surface area (Å²) in [5.41, 5.74) is 3.24. The monoisotopic (exact) mass is 357 g/mol. The van der Waals surface area contributed by atoms with Gasteiger partial charge in [-0.2, -0.15) is 0 Å². The molecular weight excluding hydrogens is 338 g/mol. The van der Waals surface area contributed by atoms with Gasteiger partial charge in [0.15, 0.2) is 0 Å². The molecule has 1 aliphatic rings. The molecule has 1 aliphatic carbocycles. The van der Waals surface area contributed by atoms with E-state index in [1.54, 1.807) is 6.07 Å². The third-order valence-corrected chi connectivity index (χ3v) is 4.58. The molecule has 1 heterocycles. The Hall–Kier alpha value is -1.73. The number of sulfonamides is 1. The second-order valence-corrected chi connectivity index (χ2v) is 7.52. The van der Waals surface area contributed by atoms with Crippen LogP contribution in [-0.2, 0) is 16.4 Å². The maximum atomic E-state index is 11.6. The maximum absolute atomic E-state index is 11.6. The van der Waals surface area contributed by atoms with Crippen molar-refractivity contribution in [2.45, 2.75) is 32.1 Å². The molecule has 2 aromatic rings. The van der Waals surface area contributed by atoms with Gasteiger partial charge in [-0.1, -0.05) is 6.07 Å². The van der Waals surface area contributed by atoms with Crippen LogP contribution in [0.4, 0.5) is 5.69 Å². The van der Waals surface area contributed by atoms with Gasteiger partial charge in [-0.05, 0) is 43.4 Å². The molecule has 1 atom stereocenters. The number of halogens is 1. The van der Waals surface area contributed by atoms with E-state index in [4.69, 9.17) is 0 Å². The van der Waals surface area contributed by atoms with E-state index in [2.05, 4.69) is 14.7 Å². The first-order valence-electron chi connectivity index (χ1n) is 7.19. The second kappa shape index (κ2) is 6.41. The van der Waals surface area contributed by atoms with Crippen LogP contribution in [0.25, 0.3) is 0 Å². The molecule has 126 valence electrons. The van der Waals surface area contributed by atoms with E-state index in [0.717, 1.165) is 48.2 Å². The molecule has 3 N–H and O–H groups in total. The first-order valence-corrected chi connectivity index (χ1v) is 9.08. The third kappa shape index (κ3) is 3.61. The molecule has 0 saturated heterocycles. The summed E-state index contributed by atoms with van der Waals surface area (Å²) in [5, 5.41) is 10.0. The van der Waals surface area contributed by atoms with Gasteiger partial charge < -0.3 is 10.1 Å². The van der Waals surface area contributed by atoms with Crippen LogP contribution < -0.4 is 4.72 Å². The van der Waals surface area contributed by atoms with E-state index >= 15 is 0 Å². The minimum absolute atomic E-state index is 0. The summed E-state index contributed by atoms with van der Waals surface area (Å²) in [6, 6.07) is 3.42. The number of fused-ring (bicyclic) bond motifs is 1. The highest BCUT2D eigenvalue weighted by Gasteiger charge is 2.27. The van der Waals surface area contributed by atoms with E-state index in [9.17, 15) is 13.5 Å². The van der Waals surface area contributed by atoms with E-state index in [-0.39, 0.29) is 24.1 Å². The zero-order valence-corrected chi connectivity index (χ0v) is 14.6. The predicted octanol–water partition coefficient (Wildman–Crippen LogP) is 2.69. The minimum Gasteiger partial charge on any atom is -0.506 e. The zero-order chi connectivity index (χ0) is 15.9. The maximum Gasteiger partial charge on any atom is 0.229 e. The van der Waals surface area contributed by atoms with Gasteiger partial charge in [0.1, 0.15) is 11.6 Å². The van der Waals surface area contributed by atoms with E-state index in [1.807, 2.05) is 19.2 Å². The molecule has 0 fully saturated rings. The summed E-state index contributed by atoms with van der Waals surface area (Å²) < 4.78 is 25.6. The van der Waals surface area contributed by atoms with Gasteiger partial charge in [0.25, 0.3) is 0 Å². The van der Waals surface area contributed by atoms with Gasteiger partial charge in [-0.15, -0.1) is 12.4 Å². The molecule has 23 heavy (non-hydrogen) atoms. The number of benzene rings is 1. The molecule has 1 unspecified atom stereocenters. The number of anilines is 1. The topological polar surface area (TPSA) is 95.1 Å². The summed E-state index contributed by atoms with van der Waals surface area (Å²) in [5.74, 6) is 0.965. The Labute approximate surface area is 141 Å². The van der Waals surface area contributed by atoms with E-state index in [1.165, 1.54) is 0 Å². The second-order valence-electron chi connectivity index (χ2n) is 5.77. The molecule has 8 heteroatoms. The molecule has 1 aromatic carbocycles. The summed E-state index contributed by atoms with van der Waals surface area (Å²) in [6.45, 7) is 1.90. The Kier molecular flexibility index (Phi) is 4.91. The van der Waals surface area contributed by atoms with Crippen molar-refractivity contribution >= 4 is 28.1 Å². The lowest BCUT2D eigenvalue weighted by Gasteiger charge is -2.27. The van der Waals surface area contributed by atoms with E-state index < -0.39 is 10.0 Å². The molecule has 0 saturated carbocycles. The van der Waals surface area contributed by atoms with Crippen molar-refractivity contribution in [1.29, 1.82) is 0 Å². The quantitative estimate of drug-likeness (QED) is 0.736. The van der Waals surface area contributed by atoms with E-state index in [0.29, 0.717) is 5.69 Å². The number of hydrogen-bond acceptors (Lipinski definition) is 4. The van der Waals surface area contributed by atoms with Crippen molar-refractivity contribution in [2.75, 3.05) is 11.0 Å². The van der Waals surface area contributed by atoms with Crippen LogP contribution in [0.2, 0.25) is 0 Å². The van der Waals surface area contributed by atoms with Crippen molar-refractivity contribution < 1.29 is 13.5 Å². The first kappa shape index (κ1) is 17.6. The fourth-order valence-electron chi connectivity index (χ4n) is 3.13. The zero-order valence-electron chi connectivity index (χ0n) is 13.0. The van der Waals surface area contributed by atoms with Crippen LogP contribution in [0.5, 0.6) is 5.75 Å². The fraction of sp³-hybridized carbons (Fsp3) is 0.400. The summed E-state index contributed by atoms with van der Waals surface area (Å²) in [6.07, 6.45) is 5.55. The average Bonchev–Trinajstić information content (AvgIpc) is 2.86. The van der Waals surface area contributed by atoms with Crippen molar-refractivity contribution in [3.8, 4) is 5.75 Å². The Morgan fingerprint density at radius 3 is 2.74 bits per heavy atom. The third-order valence-electron chi connectivity index (χ3n) is 4.01. The number of imidazole rings is 1. The normalized spacial score (nSPS) is 17.2. The Morgan fingerprint density at radius 2 is 2.13 bits per heavy atom. The number of nitrogens with one attached hydrogen (secondary N) is 2. The van der Waals surface area contributed by atoms with Crippen LogP contribution in [-0.4, -0.2) is 29.7 Å². The van der Waals surface area contributed by atoms with Crippen LogP contribution in [0.1, 0.15) is 41.4 Å². The van der Waals surface area contributed by atoms with Crippen molar-refractivity contribution in [1.82, 2.24) is 9.97 Å². The predicted molar refractivity (Wildman–Crippen MR) is 91.9 cm³/mol. The fourth-order valence-corrected chi connectivity index (χ4v) is 3.72. The number of aromatic amines is 1. The standard InChI is InChI=1S/C15H19N3O3S.ClH/c1-9-16-8-13(17-9)11-4-3-5-12-10(11)6-7-14(19)15(12)18-22(2,20)21;/h6-8,11,18-19H,3-5H2,1-2H3,(H,16,17);1H. The van der Waals surface area contributed by atoms with Crippen molar-refractivity contribution in [3.05, 3.63) is 41.0 Å². The van der Waals surface area contributed by atoms with Crippen LogP contribution in [0.3, 0.4) is 0 Å². The Balaban J connectivity index is 0.00000192. The molecule has 0 amide bonds. The molecule has 0 radical (unpaired) electrons. The molecular formula is C15H20ClN3O3S. The lowest BCUT2D eigenvalue weighted by atomic mass is 9.80. The number of hydrogen-bond donors (Lipinski definition) is 3. The number of nitrogens with zero attached hydrogens (tertiary/aromatic N) is 1. The van der Waals surface area contributed by atoms with Gasteiger partial charge in [0, 0.05) is 17.8 Å². The van der Waals surface area contributed by atoms with Gasteiger partial charge in [-0.25, -0.2) is 13.4 Å². The molecule has 0 spiro atoms. The van der Waals surface area contributed by atoms with Crippen LogP contribution in [0.15, 0.2) is 18.3 Å². The Morgan fingerprint density at radius 1 is 1.39 bits per heavy atom. The number of rotatable bonds is 3. The molecule has 0 aliphatic heterocycles. The SMILES string of the molecule is Cc1ncc(C2CCCc3c2ccc(O)c3NS(C)(=O)=O)[nH]1.Cl. The number of H-pyrrole nitrogens is 1. The summed E-state index contributed by atoms with van der Waals surface area (Å²) in [7, 11) is -3.44.